The molecule has 1 aromatic heterocycles. The van der Waals surface area contributed by atoms with E-state index in [0.29, 0.717) is 32.4 Å². The zero-order chi connectivity index (χ0) is 23.2. The van der Waals surface area contributed by atoms with Crippen LogP contribution in [0.2, 0.25) is 0 Å². The van der Waals surface area contributed by atoms with Gasteiger partial charge in [-0.25, -0.2) is 0 Å². The zero-order valence-electron chi connectivity index (χ0n) is 17.5. The summed E-state index contributed by atoms with van der Waals surface area (Å²) in [4.78, 5) is 26.5. The van der Waals surface area contributed by atoms with E-state index < -0.39 is 0 Å². The normalized spacial score (nSPS) is 18.8. The number of allylic oxidation sites excluding steroid dienone is 1. The zero-order valence-corrected chi connectivity index (χ0v) is 20.6. The number of methoxy groups -OCH3 is 1. The highest BCUT2D eigenvalue weighted by Gasteiger charge is 2.60. The second-order valence-corrected chi connectivity index (χ2v) is 10.1. The van der Waals surface area contributed by atoms with Gasteiger partial charge in [-0.05, 0) is 63.7 Å². The number of ketones is 1. The first-order chi connectivity index (χ1) is 15.1. The van der Waals surface area contributed by atoms with Gasteiger partial charge >= 0.3 is 0 Å². The average Bonchev–Trinajstić information content (AvgIpc) is 3.10. The maximum absolute atomic E-state index is 13.3. The first kappa shape index (κ1) is 22.9. The Bertz CT molecular complexity index is 1260. The van der Waals surface area contributed by atoms with Gasteiger partial charge in [-0.15, -0.1) is 0 Å². The number of para-hydroxylation sites is 1. The Balaban J connectivity index is 1.71. The van der Waals surface area contributed by atoms with Gasteiger partial charge in [0.2, 0.25) is 11.7 Å². The number of benzene rings is 2. The summed E-state index contributed by atoms with van der Waals surface area (Å²) < 4.78 is 11.9. The third kappa shape index (κ3) is 4.07. The lowest BCUT2D eigenvalue weighted by molar-refractivity contribution is -0.118. The molecular weight excluding hydrogens is 517 g/mol. The van der Waals surface area contributed by atoms with Crippen molar-refractivity contribution in [3.8, 4) is 5.75 Å². The van der Waals surface area contributed by atoms with Crippen molar-refractivity contribution < 1.29 is 18.7 Å². The van der Waals surface area contributed by atoms with E-state index in [1.54, 1.807) is 43.5 Å². The van der Waals surface area contributed by atoms with Crippen LogP contribution in [-0.4, -0.2) is 18.8 Å². The molecule has 3 aromatic rings. The van der Waals surface area contributed by atoms with E-state index in [9.17, 15) is 9.59 Å². The van der Waals surface area contributed by atoms with Gasteiger partial charge in [0, 0.05) is 10.9 Å². The molecule has 166 valence electrons. The Hall–Kier alpha value is -2.28. The van der Waals surface area contributed by atoms with Crippen molar-refractivity contribution in [2.75, 3.05) is 12.4 Å². The Labute approximate surface area is 203 Å². The highest BCUT2D eigenvalue weighted by molar-refractivity contribution is 9.10. The van der Waals surface area contributed by atoms with E-state index in [0.717, 1.165) is 0 Å². The SMILES string of the molecule is COc1ccc(C(=O)c2oc3ccccc3c2NC(=O)C2C(C=C(Cl)Cl)C2(C)C)cc1Br. The summed E-state index contributed by atoms with van der Waals surface area (Å²) in [7, 11) is 1.55. The summed E-state index contributed by atoms with van der Waals surface area (Å²) in [6, 6.07) is 12.2. The number of fused-ring (bicyclic) bond motifs is 1. The lowest BCUT2D eigenvalue weighted by Gasteiger charge is -2.08. The van der Waals surface area contributed by atoms with Gasteiger partial charge in [-0.3, -0.25) is 9.59 Å². The average molecular weight is 537 g/mol. The molecule has 1 heterocycles. The third-order valence-electron chi connectivity index (χ3n) is 5.96. The Kier molecular flexibility index (Phi) is 6.14. The number of carbonyl (C=O) groups is 2. The van der Waals surface area contributed by atoms with Gasteiger partial charge in [0.25, 0.3) is 0 Å². The summed E-state index contributed by atoms with van der Waals surface area (Å²) in [5.41, 5.74) is 0.955. The summed E-state index contributed by atoms with van der Waals surface area (Å²) >= 11 is 15.0. The van der Waals surface area contributed by atoms with Crippen molar-refractivity contribution in [3.05, 3.63) is 68.8 Å². The van der Waals surface area contributed by atoms with Gasteiger partial charge in [0.15, 0.2) is 5.76 Å². The molecule has 8 heteroatoms. The molecule has 2 atom stereocenters. The van der Waals surface area contributed by atoms with Gasteiger partial charge in [0.05, 0.1) is 23.2 Å². The molecule has 1 aliphatic rings. The Morgan fingerprint density at radius 2 is 1.91 bits per heavy atom. The molecule has 0 spiro atoms. The number of carbonyl (C=O) groups excluding carboxylic acids is 2. The van der Waals surface area contributed by atoms with Crippen molar-refractivity contribution in [2.24, 2.45) is 17.3 Å². The molecule has 1 fully saturated rings. The van der Waals surface area contributed by atoms with Crippen LogP contribution in [0.5, 0.6) is 5.75 Å². The molecule has 0 aliphatic heterocycles. The summed E-state index contributed by atoms with van der Waals surface area (Å²) in [6.45, 7) is 3.95. The molecule has 0 radical (unpaired) electrons. The lowest BCUT2D eigenvalue weighted by Crippen LogP contribution is -2.18. The highest BCUT2D eigenvalue weighted by Crippen LogP contribution is 2.60. The maximum atomic E-state index is 13.3. The first-order valence-electron chi connectivity index (χ1n) is 9.88. The van der Waals surface area contributed by atoms with Crippen LogP contribution in [-0.2, 0) is 4.79 Å². The molecule has 2 aromatic carbocycles. The topological polar surface area (TPSA) is 68.5 Å². The molecule has 1 N–H and O–H groups in total. The number of hydrogen-bond donors (Lipinski definition) is 1. The number of ether oxygens (including phenoxy) is 1. The molecule has 0 saturated heterocycles. The van der Waals surface area contributed by atoms with E-state index >= 15 is 0 Å². The van der Waals surface area contributed by atoms with Crippen LogP contribution < -0.4 is 10.1 Å². The molecule has 1 aliphatic carbocycles. The van der Waals surface area contributed by atoms with Crippen LogP contribution in [0.1, 0.15) is 30.0 Å². The minimum atomic E-state index is -0.352. The number of hydrogen-bond acceptors (Lipinski definition) is 4. The molecule has 32 heavy (non-hydrogen) atoms. The van der Waals surface area contributed by atoms with E-state index in [1.807, 2.05) is 26.0 Å². The second-order valence-electron chi connectivity index (χ2n) is 8.25. The molecule has 5 nitrogen and oxygen atoms in total. The van der Waals surface area contributed by atoms with Crippen LogP contribution in [0.3, 0.4) is 0 Å². The van der Waals surface area contributed by atoms with Crippen LogP contribution >= 0.6 is 39.1 Å². The number of furan rings is 1. The predicted octanol–water partition coefficient (Wildman–Crippen LogP) is 6.96. The first-order valence-corrected chi connectivity index (χ1v) is 11.4. The smallest absolute Gasteiger partial charge is 0.230 e. The lowest BCUT2D eigenvalue weighted by atomic mass is 10.1. The standard InChI is InChI=1S/C24H20BrCl2NO4/c1-24(2)14(11-18(26)27)19(24)23(30)28-20-13-6-4-5-7-16(13)32-22(20)21(29)12-8-9-17(31-3)15(25)10-12/h4-11,14,19H,1-3H3,(H,28,30). The van der Waals surface area contributed by atoms with E-state index in [1.165, 1.54) is 0 Å². The van der Waals surface area contributed by atoms with Gasteiger partial charge in [-0.2, -0.15) is 0 Å². The van der Waals surface area contributed by atoms with E-state index in [4.69, 9.17) is 32.4 Å². The van der Waals surface area contributed by atoms with Gasteiger partial charge < -0.3 is 14.5 Å². The molecule has 2 unspecified atom stereocenters. The third-order valence-corrected chi connectivity index (χ3v) is 6.83. The largest absolute Gasteiger partial charge is 0.496 e. The quantitative estimate of drug-likeness (QED) is 0.345. The number of amides is 1. The molecular formula is C24H20BrCl2NO4. The number of rotatable bonds is 6. The van der Waals surface area contributed by atoms with E-state index in [-0.39, 0.29) is 39.2 Å². The summed E-state index contributed by atoms with van der Waals surface area (Å²) in [5.74, 6) is -0.327. The van der Waals surface area contributed by atoms with Gasteiger partial charge in [0.1, 0.15) is 15.8 Å². The number of nitrogens with one attached hydrogen (secondary N) is 1. The van der Waals surface area contributed by atoms with Crippen molar-refractivity contribution in [2.45, 2.75) is 13.8 Å². The summed E-state index contributed by atoms with van der Waals surface area (Å²) in [5, 5.41) is 3.59. The molecule has 1 saturated carbocycles. The monoisotopic (exact) mass is 535 g/mol. The fraction of sp³-hybridized carbons (Fsp3) is 0.250. The summed E-state index contributed by atoms with van der Waals surface area (Å²) in [6.07, 6.45) is 1.68. The fourth-order valence-electron chi connectivity index (χ4n) is 4.09. The fourth-order valence-corrected chi connectivity index (χ4v) is 4.91. The second kappa shape index (κ2) is 8.58. The molecule has 0 bridgehead atoms. The highest BCUT2D eigenvalue weighted by atomic mass is 79.9. The Morgan fingerprint density at radius 3 is 2.56 bits per heavy atom. The van der Waals surface area contributed by atoms with Crippen molar-refractivity contribution in [3.63, 3.8) is 0 Å². The van der Waals surface area contributed by atoms with E-state index in [2.05, 4.69) is 21.2 Å². The van der Waals surface area contributed by atoms with Crippen molar-refractivity contribution in [1.29, 1.82) is 0 Å². The Morgan fingerprint density at radius 1 is 1.19 bits per heavy atom. The minimum absolute atomic E-state index is 0.0672. The molecule has 4 rings (SSSR count). The molecule has 1 amide bonds. The predicted molar refractivity (Wildman–Crippen MR) is 130 cm³/mol. The minimum Gasteiger partial charge on any atom is -0.496 e. The van der Waals surface area contributed by atoms with Crippen LogP contribution in [0.25, 0.3) is 11.0 Å². The van der Waals surface area contributed by atoms with Crippen molar-refractivity contribution in [1.82, 2.24) is 0 Å². The van der Waals surface area contributed by atoms with Crippen LogP contribution in [0, 0.1) is 17.3 Å². The van der Waals surface area contributed by atoms with Crippen LogP contribution in [0.4, 0.5) is 5.69 Å². The van der Waals surface area contributed by atoms with Gasteiger partial charge in [-0.1, -0.05) is 49.2 Å². The van der Waals surface area contributed by atoms with Crippen molar-refractivity contribution >= 4 is 67.5 Å². The van der Waals surface area contributed by atoms with Crippen LogP contribution in [0.15, 0.2) is 61.9 Å². The number of halogens is 3. The number of anilines is 1. The maximum Gasteiger partial charge on any atom is 0.230 e.